The van der Waals surface area contributed by atoms with Crippen LogP contribution < -0.4 is 0 Å². The van der Waals surface area contributed by atoms with Crippen LogP contribution in [0.4, 0.5) is 0 Å². The monoisotopic (exact) mass is 219 g/mol. The SMILES string of the molecule is Cl.O=C(O)CCC12CCN(CC1)CC2. The van der Waals surface area contributed by atoms with Crippen LogP contribution in [0.5, 0.6) is 0 Å². The molecular weight excluding hydrogens is 202 g/mol. The molecule has 3 nitrogen and oxygen atoms in total. The summed E-state index contributed by atoms with van der Waals surface area (Å²) in [4.78, 5) is 13.0. The quantitative estimate of drug-likeness (QED) is 0.787. The summed E-state index contributed by atoms with van der Waals surface area (Å²) < 4.78 is 0. The second kappa shape index (κ2) is 4.49. The molecule has 0 aromatic carbocycles. The van der Waals surface area contributed by atoms with Crippen molar-refractivity contribution in [3.8, 4) is 0 Å². The summed E-state index contributed by atoms with van der Waals surface area (Å²) in [7, 11) is 0. The van der Waals surface area contributed by atoms with Crippen molar-refractivity contribution in [1.82, 2.24) is 4.90 Å². The summed E-state index contributed by atoms with van der Waals surface area (Å²) in [6, 6.07) is 0. The average Bonchev–Trinajstić information content (AvgIpc) is 2.18. The van der Waals surface area contributed by atoms with Gasteiger partial charge in [-0.15, -0.1) is 12.4 Å². The van der Waals surface area contributed by atoms with E-state index in [1.807, 2.05) is 0 Å². The van der Waals surface area contributed by atoms with Crippen molar-refractivity contribution < 1.29 is 9.90 Å². The lowest BCUT2D eigenvalue weighted by atomic mass is 9.69. The van der Waals surface area contributed by atoms with E-state index in [1.54, 1.807) is 0 Å². The van der Waals surface area contributed by atoms with Crippen LogP contribution in [0.3, 0.4) is 0 Å². The zero-order valence-corrected chi connectivity index (χ0v) is 9.18. The molecule has 3 fully saturated rings. The molecule has 0 aliphatic carbocycles. The van der Waals surface area contributed by atoms with Crippen LogP contribution in [0, 0.1) is 5.41 Å². The van der Waals surface area contributed by atoms with Gasteiger partial charge >= 0.3 is 5.97 Å². The highest BCUT2D eigenvalue weighted by Crippen LogP contribution is 2.43. The average molecular weight is 220 g/mol. The van der Waals surface area contributed by atoms with Gasteiger partial charge in [-0.05, 0) is 50.7 Å². The summed E-state index contributed by atoms with van der Waals surface area (Å²) >= 11 is 0. The van der Waals surface area contributed by atoms with E-state index in [9.17, 15) is 4.79 Å². The molecule has 3 aliphatic rings. The Morgan fingerprint density at radius 1 is 1.21 bits per heavy atom. The number of hydrogen-bond acceptors (Lipinski definition) is 2. The highest BCUT2D eigenvalue weighted by atomic mass is 35.5. The predicted molar refractivity (Wildman–Crippen MR) is 56.8 cm³/mol. The first kappa shape index (κ1) is 11.8. The van der Waals surface area contributed by atoms with Gasteiger partial charge in [-0.1, -0.05) is 0 Å². The Kier molecular flexibility index (Phi) is 3.78. The summed E-state index contributed by atoms with van der Waals surface area (Å²) in [5.74, 6) is -0.637. The van der Waals surface area contributed by atoms with E-state index in [0.29, 0.717) is 11.8 Å². The normalized spacial score (nSPS) is 35.0. The lowest BCUT2D eigenvalue weighted by molar-refractivity contribution is -0.138. The third-order valence-corrected chi connectivity index (χ3v) is 3.74. The lowest BCUT2D eigenvalue weighted by Crippen LogP contribution is -2.48. The third-order valence-electron chi connectivity index (χ3n) is 3.74. The number of rotatable bonds is 3. The van der Waals surface area contributed by atoms with Crippen LogP contribution in [0.1, 0.15) is 32.1 Å². The van der Waals surface area contributed by atoms with Crippen molar-refractivity contribution in [2.45, 2.75) is 32.1 Å². The molecule has 3 heterocycles. The van der Waals surface area contributed by atoms with E-state index in [-0.39, 0.29) is 12.4 Å². The van der Waals surface area contributed by atoms with Crippen molar-refractivity contribution >= 4 is 18.4 Å². The molecular formula is C10H18ClNO2. The van der Waals surface area contributed by atoms with E-state index in [1.165, 1.54) is 38.9 Å². The molecule has 1 N–H and O–H groups in total. The molecule has 3 saturated heterocycles. The Balaban J connectivity index is 0.000000980. The smallest absolute Gasteiger partial charge is 0.303 e. The molecule has 0 spiro atoms. The number of hydrogen-bond donors (Lipinski definition) is 1. The van der Waals surface area contributed by atoms with Gasteiger partial charge in [0.05, 0.1) is 0 Å². The first-order chi connectivity index (χ1) is 6.20. The Morgan fingerprint density at radius 2 is 1.71 bits per heavy atom. The molecule has 3 aliphatic heterocycles. The number of nitrogens with zero attached hydrogens (tertiary/aromatic N) is 1. The second-order valence-electron chi connectivity index (χ2n) is 4.49. The number of carbonyl (C=O) groups is 1. The molecule has 0 aromatic rings. The minimum Gasteiger partial charge on any atom is -0.481 e. The van der Waals surface area contributed by atoms with Crippen molar-refractivity contribution in [3.63, 3.8) is 0 Å². The maximum Gasteiger partial charge on any atom is 0.303 e. The Hall–Kier alpha value is -0.280. The Morgan fingerprint density at radius 3 is 2.14 bits per heavy atom. The van der Waals surface area contributed by atoms with Gasteiger partial charge in [-0.2, -0.15) is 0 Å². The van der Waals surface area contributed by atoms with Gasteiger partial charge in [-0.25, -0.2) is 0 Å². The van der Waals surface area contributed by atoms with Crippen LogP contribution in [0.2, 0.25) is 0 Å². The minimum atomic E-state index is -0.637. The molecule has 0 aromatic heterocycles. The van der Waals surface area contributed by atoms with E-state index in [2.05, 4.69) is 4.90 Å². The summed E-state index contributed by atoms with van der Waals surface area (Å²) in [6.07, 6.45) is 4.93. The molecule has 0 saturated carbocycles. The van der Waals surface area contributed by atoms with E-state index < -0.39 is 5.97 Å². The van der Waals surface area contributed by atoms with Gasteiger partial charge in [-0.3, -0.25) is 4.79 Å². The fourth-order valence-electron chi connectivity index (χ4n) is 2.64. The first-order valence-electron chi connectivity index (χ1n) is 5.14. The number of carboxylic acid groups (broad SMARTS) is 1. The largest absolute Gasteiger partial charge is 0.481 e. The number of piperidine rings is 3. The van der Waals surface area contributed by atoms with Gasteiger partial charge < -0.3 is 10.0 Å². The number of fused-ring (bicyclic) bond motifs is 3. The maximum atomic E-state index is 10.5. The lowest BCUT2D eigenvalue weighted by Gasteiger charge is -2.48. The van der Waals surface area contributed by atoms with Crippen molar-refractivity contribution in [3.05, 3.63) is 0 Å². The number of carboxylic acids is 1. The zero-order valence-electron chi connectivity index (χ0n) is 8.37. The molecule has 4 heteroatoms. The fourth-order valence-corrected chi connectivity index (χ4v) is 2.64. The third kappa shape index (κ3) is 2.39. The molecule has 0 atom stereocenters. The zero-order chi connectivity index (χ0) is 9.31. The highest BCUT2D eigenvalue weighted by molar-refractivity contribution is 5.85. The van der Waals surface area contributed by atoms with E-state index in [0.717, 1.165) is 6.42 Å². The van der Waals surface area contributed by atoms with Crippen LogP contribution in [-0.2, 0) is 4.79 Å². The molecule has 2 bridgehead atoms. The predicted octanol–water partition coefficient (Wildman–Crippen LogP) is 1.76. The first-order valence-corrected chi connectivity index (χ1v) is 5.14. The van der Waals surface area contributed by atoms with Crippen LogP contribution in [-0.4, -0.2) is 35.6 Å². The fraction of sp³-hybridized carbons (Fsp3) is 0.900. The van der Waals surface area contributed by atoms with E-state index >= 15 is 0 Å². The molecule has 0 radical (unpaired) electrons. The van der Waals surface area contributed by atoms with E-state index in [4.69, 9.17) is 5.11 Å². The van der Waals surface area contributed by atoms with Crippen LogP contribution in [0.15, 0.2) is 0 Å². The van der Waals surface area contributed by atoms with Gasteiger partial charge in [0.1, 0.15) is 0 Å². The standard InChI is InChI=1S/C10H17NO2.ClH/c12-9(13)1-2-10-3-6-11(7-4-10)8-5-10;/h1-8H2,(H,12,13);1H. The second-order valence-corrected chi connectivity index (χ2v) is 4.49. The van der Waals surface area contributed by atoms with Crippen molar-refractivity contribution in [1.29, 1.82) is 0 Å². The van der Waals surface area contributed by atoms with Crippen molar-refractivity contribution in [2.24, 2.45) is 5.41 Å². The summed E-state index contributed by atoms with van der Waals surface area (Å²) in [5.41, 5.74) is 0.396. The Labute approximate surface area is 90.9 Å². The molecule has 0 amide bonds. The molecule has 3 rings (SSSR count). The van der Waals surface area contributed by atoms with Gasteiger partial charge in [0.2, 0.25) is 0 Å². The van der Waals surface area contributed by atoms with Crippen molar-refractivity contribution in [2.75, 3.05) is 19.6 Å². The maximum absolute atomic E-state index is 10.5. The molecule has 0 unspecified atom stereocenters. The highest BCUT2D eigenvalue weighted by Gasteiger charge is 2.38. The van der Waals surface area contributed by atoms with Gasteiger partial charge in [0.25, 0.3) is 0 Å². The minimum absolute atomic E-state index is 0. The summed E-state index contributed by atoms with van der Waals surface area (Å²) in [5, 5.41) is 8.66. The Bertz CT molecular complexity index is 198. The topological polar surface area (TPSA) is 40.5 Å². The number of halogens is 1. The number of aliphatic carboxylic acids is 1. The summed E-state index contributed by atoms with van der Waals surface area (Å²) in [6.45, 7) is 3.58. The van der Waals surface area contributed by atoms with Gasteiger partial charge in [0.15, 0.2) is 0 Å². The van der Waals surface area contributed by atoms with Gasteiger partial charge in [0, 0.05) is 6.42 Å². The van der Waals surface area contributed by atoms with Crippen LogP contribution >= 0.6 is 12.4 Å². The molecule has 14 heavy (non-hydrogen) atoms. The van der Waals surface area contributed by atoms with Crippen LogP contribution in [0.25, 0.3) is 0 Å². The molecule has 82 valence electrons.